The van der Waals surface area contributed by atoms with Crippen molar-refractivity contribution in [3.63, 3.8) is 0 Å². The van der Waals surface area contributed by atoms with Crippen LogP contribution in [0.1, 0.15) is 13.8 Å². The van der Waals surface area contributed by atoms with Crippen LogP contribution in [0.25, 0.3) is 0 Å². The van der Waals surface area contributed by atoms with E-state index in [1.54, 1.807) is 0 Å². The maximum atomic E-state index is 3.69. The molecule has 0 aromatic rings. The average Bonchev–Trinajstić information content (AvgIpc) is 1.94. The first-order chi connectivity index (χ1) is 4.39. The van der Waals surface area contributed by atoms with Crippen LogP contribution < -0.4 is 10.6 Å². The highest BCUT2D eigenvalue weighted by Crippen LogP contribution is 1.84. The van der Waals surface area contributed by atoms with Crippen molar-refractivity contribution >= 4 is 0 Å². The van der Waals surface area contributed by atoms with Crippen LogP contribution in [0.2, 0.25) is 0 Å². The predicted octanol–water partition coefficient (Wildman–Crippen LogP) is 1.19. The molecule has 1 aliphatic heterocycles. The summed E-state index contributed by atoms with van der Waals surface area (Å²) in [4.78, 5) is 0. The lowest BCUT2D eigenvalue weighted by Gasteiger charge is -2.09. The second kappa shape index (κ2) is 5.22. The minimum atomic E-state index is 0.844. The summed E-state index contributed by atoms with van der Waals surface area (Å²) >= 11 is 0. The standard InChI is InChI=1S/C5H8N2.C2H6/c1-5-4-6-2-3-7-5;1-2/h2-3,6-7H,1,4H2;1-2H3. The molecule has 2 heteroatoms. The Morgan fingerprint density at radius 2 is 2.11 bits per heavy atom. The van der Waals surface area contributed by atoms with E-state index in [1.165, 1.54) is 0 Å². The fourth-order valence-corrected chi connectivity index (χ4v) is 0.452. The van der Waals surface area contributed by atoms with Crippen LogP contribution in [-0.2, 0) is 0 Å². The molecule has 0 saturated carbocycles. The largest absolute Gasteiger partial charge is 0.384 e. The van der Waals surface area contributed by atoms with Crippen LogP contribution in [0, 0.1) is 0 Å². The predicted molar refractivity (Wildman–Crippen MR) is 40.8 cm³/mol. The summed E-state index contributed by atoms with van der Waals surface area (Å²) in [6, 6.07) is 0. The summed E-state index contributed by atoms with van der Waals surface area (Å²) in [7, 11) is 0. The van der Waals surface area contributed by atoms with Gasteiger partial charge in [-0.15, -0.1) is 0 Å². The van der Waals surface area contributed by atoms with Crippen molar-refractivity contribution in [1.82, 2.24) is 10.6 Å². The molecule has 1 rings (SSSR count). The maximum Gasteiger partial charge on any atom is 0.0540 e. The lowest BCUT2D eigenvalue weighted by Crippen LogP contribution is -2.22. The Morgan fingerprint density at radius 3 is 2.33 bits per heavy atom. The second-order valence-corrected chi connectivity index (χ2v) is 1.46. The van der Waals surface area contributed by atoms with Gasteiger partial charge in [-0.05, 0) is 0 Å². The third-order valence-corrected chi connectivity index (χ3v) is 0.804. The van der Waals surface area contributed by atoms with E-state index < -0.39 is 0 Å². The molecule has 0 saturated heterocycles. The maximum absolute atomic E-state index is 3.69. The van der Waals surface area contributed by atoms with E-state index in [0.29, 0.717) is 0 Å². The Morgan fingerprint density at radius 1 is 1.44 bits per heavy atom. The van der Waals surface area contributed by atoms with Crippen LogP contribution >= 0.6 is 0 Å². The molecule has 2 N–H and O–H groups in total. The van der Waals surface area contributed by atoms with E-state index in [1.807, 2.05) is 26.2 Å². The normalized spacial score (nSPS) is 14.7. The fourth-order valence-electron chi connectivity index (χ4n) is 0.452. The van der Waals surface area contributed by atoms with Crippen molar-refractivity contribution in [1.29, 1.82) is 0 Å². The molecule has 1 aliphatic rings. The number of hydrogen-bond donors (Lipinski definition) is 2. The van der Waals surface area contributed by atoms with Gasteiger partial charge in [0.05, 0.1) is 6.54 Å². The topological polar surface area (TPSA) is 24.1 Å². The zero-order valence-corrected chi connectivity index (χ0v) is 6.07. The number of hydrogen-bond acceptors (Lipinski definition) is 2. The van der Waals surface area contributed by atoms with Gasteiger partial charge in [-0.3, -0.25) is 0 Å². The van der Waals surface area contributed by atoms with Gasteiger partial charge in [-0.25, -0.2) is 0 Å². The third kappa shape index (κ3) is 3.64. The van der Waals surface area contributed by atoms with Gasteiger partial charge >= 0.3 is 0 Å². The van der Waals surface area contributed by atoms with Crippen LogP contribution in [0.15, 0.2) is 24.7 Å². The van der Waals surface area contributed by atoms with Crippen molar-refractivity contribution in [2.75, 3.05) is 6.54 Å². The summed E-state index contributed by atoms with van der Waals surface area (Å²) in [5.41, 5.74) is 1.02. The molecule has 0 amide bonds. The van der Waals surface area contributed by atoms with Crippen molar-refractivity contribution < 1.29 is 0 Å². The molecule has 0 radical (unpaired) electrons. The quantitative estimate of drug-likeness (QED) is 0.509. The van der Waals surface area contributed by atoms with E-state index >= 15 is 0 Å². The molecule has 52 valence electrons. The first-order valence-corrected chi connectivity index (χ1v) is 3.22. The Hall–Kier alpha value is -0.920. The molecule has 0 unspecified atom stereocenters. The fraction of sp³-hybridized carbons (Fsp3) is 0.429. The van der Waals surface area contributed by atoms with Crippen LogP contribution in [-0.4, -0.2) is 6.54 Å². The zero-order chi connectivity index (χ0) is 7.11. The molecule has 0 fully saturated rings. The van der Waals surface area contributed by atoms with Crippen molar-refractivity contribution in [3.05, 3.63) is 24.7 Å². The molecular formula is C7H14N2. The van der Waals surface area contributed by atoms with Gasteiger partial charge in [0.25, 0.3) is 0 Å². The minimum absolute atomic E-state index is 0.844. The van der Waals surface area contributed by atoms with Crippen LogP contribution in [0.4, 0.5) is 0 Å². The monoisotopic (exact) mass is 126 g/mol. The number of nitrogens with one attached hydrogen (secondary N) is 2. The first kappa shape index (κ1) is 8.08. The van der Waals surface area contributed by atoms with Gasteiger partial charge in [0.2, 0.25) is 0 Å². The molecule has 0 aromatic heterocycles. The molecule has 2 nitrogen and oxygen atoms in total. The van der Waals surface area contributed by atoms with E-state index in [0.717, 1.165) is 12.2 Å². The lowest BCUT2D eigenvalue weighted by atomic mass is 10.4. The van der Waals surface area contributed by atoms with Gasteiger partial charge in [-0.1, -0.05) is 20.4 Å². The molecule has 0 atom stereocenters. The lowest BCUT2D eigenvalue weighted by molar-refractivity contribution is 0.823. The van der Waals surface area contributed by atoms with E-state index in [4.69, 9.17) is 0 Å². The Kier molecular flexibility index (Phi) is 4.69. The summed E-state index contributed by atoms with van der Waals surface area (Å²) in [5.74, 6) is 0. The van der Waals surface area contributed by atoms with Crippen molar-refractivity contribution in [2.45, 2.75) is 13.8 Å². The highest BCUT2D eigenvalue weighted by molar-refractivity contribution is 5.04. The highest BCUT2D eigenvalue weighted by Gasteiger charge is 1.89. The Balaban J connectivity index is 0.000000291. The summed E-state index contributed by atoms with van der Waals surface area (Å²) in [5, 5.41) is 5.94. The van der Waals surface area contributed by atoms with Gasteiger partial charge < -0.3 is 10.6 Å². The first-order valence-electron chi connectivity index (χ1n) is 3.22. The smallest absolute Gasteiger partial charge is 0.0540 e. The number of rotatable bonds is 0. The second-order valence-electron chi connectivity index (χ2n) is 1.46. The van der Waals surface area contributed by atoms with Crippen molar-refractivity contribution in [3.8, 4) is 0 Å². The van der Waals surface area contributed by atoms with Gasteiger partial charge in [0.15, 0.2) is 0 Å². The molecule has 0 bridgehead atoms. The summed E-state index contributed by atoms with van der Waals surface area (Å²) in [6.45, 7) is 8.53. The highest BCUT2D eigenvalue weighted by atomic mass is 15.0. The summed E-state index contributed by atoms with van der Waals surface area (Å²) in [6.07, 6.45) is 3.68. The van der Waals surface area contributed by atoms with Gasteiger partial charge in [-0.2, -0.15) is 0 Å². The minimum Gasteiger partial charge on any atom is -0.384 e. The van der Waals surface area contributed by atoms with Crippen LogP contribution in [0.5, 0.6) is 0 Å². The van der Waals surface area contributed by atoms with Gasteiger partial charge in [0, 0.05) is 18.1 Å². The Labute approximate surface area is 56.6 Å². The molecule has 1 heterocycles. The average molecular weight is 126 g/mol. The molecule has 0 spiro atoms. The SMILES string of the molecule is C=C1CNC=CN1.CC. The molecule has 0 aromatic carbocycles. The van der Waals surface area contributed by atoms with E-state index in [9.17, 15) is 0 Å². The molecule has 9 heavy (non-hydrogen) atoms. The van der Waals surface area contributed by atoms with E-state index in [2.05, 4.69) is 17.2 Å². The van der Waals surface area contributed by atoms with Crippen molar-refractivity contribution in [2.24, 2.45) is 0 Å². The van der Waals surface area contributed by atoms with E-state index in [-0.39, 0.29) is 0 Å². The summed E-state index contributed by atoms with van der Waals surface area (Å²) < 4.78 is 0. The molecular weight excluding hydrogens is 112 g/mol. The molecule has 0 aliphatic carbocycles. The Bertz CT molecular complexity index is 105. The third-order valence-electron chi connectivity index (χ3n) is 0.804. The van der Waals surface area contributed by atoms with Crippen LogP contribution in [0.3, 0.4) is 0 Å². The zero-order valence-electron chi connectivity index (χ0n) is 6.07. The van der Waals surface area contributed by atoms with Gasteiger partial charge in [0.1, 0.15) is 0 Å².